The largest absolute Gasteiger partial charge is 0.273 e. The molecule has 1 amide bonds. The molecule has 2 aromatic heterocycles. The van der Waals surface area contributed by atoms with Crippen molar-refractivity contribution in [2.45, 2.75) is 19.9 Å². The Kier molecular flexibility index (Phi) is 5.02. The van der Waals surface area contributed by atoms with E-state index in [1.165, 1.54) is 12.3 Å². The van der Waals surface area contributed by atoms with Crippen LogP contribution in [0.15, 0.2) is 27.9 Å². The summed E-state index contributed by atoms with van der Waals surface area (Å²) in [4.78, 5) is 12.2. The fourth-order valence-corrected chi connectivity index (χ4v) is 2.36. The van der Waals surface area contributed by atoms with E-state index >= 15 is 0 Å². The summed E-state index contributed by atoms with van der Waals surface area (Å²) in [7, 11) is 0. The van der Waals surface area contributed by atoms with Gasteiger partial charge in [0.05, 0.1) is 21.3 Å². The number of thiophene rings is 1. The molecule has 20 heavy (non-hydrogen) atoms. The normalized spacial score (nSPS) is 11.2. The van der Waals surface area contributed by atoms with Crippen LogP contribution in [-0.4, -0.2) is 21.9 Å². The maximum absolute atomic E-state index is 12.7. The number of aryl methyl sites for hydroxylation is 2. The van der Waals surface area contributed by atoms with Crippen molar-refractivity contribution < 1.29 is 9.18 Å². The Labute approximate surface area is 127 Å². The van der Waals surface area contributed by atoms with E-state index in [4.69, 9.17) is 0 Å². The molecule has 2 heterocycles. The van der Waals surface area contributed by atoms with Gasteiger partial charge in [-0.25, -0.2) is 5.43 Å². The lowest BCUT2D eigenvalue weighted by atomic mass is 10.4. The van der Waals surface area contributed by atoms with E-state index < -0.39 is 0 Å². The van der Waals surface area contributed by atoms with Gasteiger partial charge in [0.1, 0.15) is 0 Å². The van der Waals surface area contributed by atoms with Crippen molar-refractivity contribution in [3.63, 3.8) is 0 Å². The van der Waals surface area contributed by atoms with Gasteiger partial charge in [-0.1, -0.05) is 0 Å². The molecular formula is C12H12BrFN4OS. The standard InChI is InChI=1S/C12H12BrFN4OS/c1-8-10(13)7-18(17-8)5-4-12(19)16-15-6-9-2-3-11(14)20-9/h2-3,6-7H,4-5H2,1H3,(H,16,19)/b15-6+. The van der Waals surface area contributed by atoms with E-state index in [9.17, 15) is 9.18 Å². The predicted molar refractivity (Wildman–Crippen MR) is 79.3 cm³/mol. The highest BCUT2D eigenvalue weighted by atomic mass is 79.9. The van der Waals surface area contributed by atoms with Crippen LogP contribution in [0.3, 0.4) is 0 Å². The topological polar surface area (TPSA) is 59.3 Å². The second-order valence-electron chi connectivity index (χ2n) is 4.01. The molecule has 2 rings (SSSR count). The zero-order valence-electron chi connectivity index (χ0n) is 10.6. The molecule has 5 nitrogen and oxygen atoms in total. The summed E-state index contributed by atoms with van der Waals surface area (Å²) in [6.07, 6.45) is 3.50. The molecule has 0 fully saturated rings. The van der Waals surface area contributed by atoms with Crippen LogP contribution in [0.2, 0.25) is 0 Å². The van der Waals surface area contributed by atoms with Crippen LogP contribution in [0.4, 0.5) is 4.39 Å². The van der Waals surface area contributed by atoms with Gasteiger partial charge < -0.3 is 0 Å². The van der Waals surface area contributed by atoms with E-state index in [-0.39, 0.29) is 17.5 Å². The number of nitrogens with zero attached hydrogens (tertiary/aromatic N) is 3. The van der Waals surface area contributed by atoms with E-state index in [2.05, 4.69) is 31.6 Å². The van der Waals surface area contributed by atoms with Crippen molar-refractivity contribution in [2.75, 3.05) is 0 Å². The first-order valence-electron chi connectivity index (χ1n) is 5.81. The number of carbonyl (C=O) groups excluding carboxylic acids is 1. The van der Waals surface area contributed by atoms with Gasteiger partial charge >= 0.3 is 0 Å². The van der Waals surface area contributed by atoms with Gasteiger partial charge in [0, 0.05) is 19.2 Å². The van der Waals surface area contributed by atoms with Crippen LogP contribution in [0.1, 0.15) is 17.0 Å². The monoisotopic (exact) mass is 358 g/mol. The molecule has 1 N–H and O–H groups in total. The lowest BCUT2D eigenvalue weighted by Crippen LogP contribution is -2.19. The van der Waals surface area contributed by atoms with E-state index in [0.29, 0.717) is 11.4 Å². The number of halogens is 2. The second-order valence-corrected chi connectivity index (χ2v) is 5.93. The van der Waals surface area contributed by atoms with Crippen LogP contribution in [0.5, 0.6) is 0 Å². The number of hydrogen-bond acceptors (Lipinski definition) is 4. The third-order valence-electron chi connectivity index (χ3n) is 2.43. The molecule has 0 spiro atoms. The minimum absolute atomic E-state index is 0.220. The van der Waals surface area contributed by atoms with Gasteiger partial charge in [-0.3, -0.25) is 9.48 Å². The molecular weight excluding hydrogens is 347 g/mol. The maximum Gasteiger partial charge on any atom is 0.241 e. The van der Waals surface area contributed by atoms with Gasteiger partial charge in [-0.05, 0) is 35.0 Å². The summed E-state index contributed by atoms with van der Waals surface area (Å²) in [5.74, 6) is -0.220. The molecule has 2 aromatic rings. The quantitative estimate of drug-likeness (QED) is 0.659. The van der Waals surface area contributed by atoms with Crippen LogP contribution >= 0.6 is 27.3 Å². The van der Waals surface area contributed by atoms with Crippen molar-refractivity contribution in [1.82, 2.24) is 15.2 Å². The van der Waals surface area contributed by atoms with Gasteiger partial charge in [0.15, 0.2) is 5.13 Å². The summed E-state index contributed by atoms with van der Waals surface area (Å²) in [5.41, 5.74) is 3.27. The number of aromatic nitrogens is 2. The molecule has 0 bridgehead atoms. The first kappa shape index (κ1) is 14.9. The summed E-state index contributed by atoms with van der Waals surface area (Å²) in [5, 5.41) is 7.71. The molecule has 8 heteroatoms. The van der Waals surface area contributed by atoms with Gasteiger partial charge in [-0.2, -0.15) is 14.6 Å². The van der Waals surface area contributed by atoms with Crippen molar-refractivity contribution in [3.05, 3.63) is 38.5 Å². The summed E-state index contributed by atoms with van der Waals surface area (Å²) in [6, 6.07) is 2.95. The first-order chi connectivity index (χ1) is 9.54. The SMILES string of the molecule is Cc1nn(CCC(=O)N/N=C/c2ccc(F)s2)cc1Br. The highest BCUT2D eigenvalue weighted by Crippen LogP contribution is 2.13. The minimum Gasteiger partial charge on any atom is -0.273 e. The molecule has 0 aromatic carbocycles. The van der Waals surface area contributed by atoms with Crippen LogP contribution in [-0.2, 0) is 11.3 Å². The smallest absolute Gasteiger partial charge is 0.241 e. The Bertz CT molecular complexity index is 618. The van der Waals surface area contributed by atoms with Crippen LogP contribution in [0, 0.1) is 12.1 Å². The third-order valence-corrected chi connectivity index (χ3v) is 4.02. The highest BCUT2D eigenvalue weighted by molar-refractivity contribution is 9.10. The number of amides is 1. The predicted octanol–water partition coefficient (Wildman–Crippen LogP) is 2.70. The van der Waals surface area contributed by atoms with E-state index in [1.54, 1.807) is 10.7 Å². The minimum atomic E-state index is -0.280. The van der Waals surface area contributed by atoms with Crippen LogP contribution < -0.4 is 5.43 Å². The van der Waals surface area contributed by atoms with Gasteiger partial charge in [0.25, 0.3) is 0 Å². The molecule has 0 aliphatic rings. The van der Waals surface area contributed by atoms with Crippen LogP contribution in [0.25, 0.3) is 0 Å². The number of carbonyl (C=O) groups is 1. The van der Waals surface area contributed by atoms with Crippen molar-refractivity contribution in [3.8, 4) is 0 Å². The maximum atomic E-state index is 12.7. The lowest BCUT2D eigenvalue weighted by molar-refractivity contribution is -0.121. The number of rotatable bonds is 5. The Balaban J connectivity index is 1.76. The van der Waals surface area contributed by atoms with Crippen molar-refractivity contribution in [2.24, 2.45) is 5.10 Å². The molecule has 0 saturated heterocycles. The van der Waals surface area contributed by atoms with E-state index in [0.717, 1.165) is 21.5 Å². The summed E-state index contributed by atoms with van der Waals surface area (Å²) in [6.45, 7) is 2.35. The number of hydrogen-bond donors (Lipinski definition) is 1. The molecule has 0 unspecified atom stereocenters. The Hall–Kier alpha value is -1.54. The highest BCUT2D eigenvalue weighted by Gasteiger charge is 2.04. The molecule has 0 saturated carbocycles. The number of nitrogens with one attached hydrogen (secondary N) is 1. The second kappa shape index (κ2) is 6.76. The Morgan fingerprint density at radius 2 is 2.45 bits per heavy atom. The fourth-order valence-electron chi connectivity index (χ4n) is 1.45. The average Bonchev–Trinajstić information content (AvgIpc) is 2.94. The van der Waals surface area contributed by atoms with Gasteiger partial charge in [-0.15, -0.1) is 11.3 Å². The molecule has 0 aliphatic carbocycles. The Morgan fingerprint density at radius 1 is 1.65 bits per heavy atom. The molecule has 0 aliphatic heterocycles. The Morgan fingerprint density at radius 3 is 3.05 bits per heavy atom. The van der Waals surface area contributed by atoms with E-state index in [1.807, 2.05) is 13.1 Å². The van der Waals surface area contributed by atoms with Crippen molar-refractivity contribution in [1.29, 1.82) is 0 Å². The summed E-state index contributed by atoms with van der Waals surface area (Å²) >= 11 is 4.32. The lowest BCUT2D eigenvalue weighted by Gasteiger charge is -2.00. The molecule has 0 radical (unpaired) electrons. The molecule has 0 atom stereocenters. The fraction of sp³-hybridized carbons (Fsp3) is 0.250. The zero-order chi connectivity index (χ0) is 14.5. The number of hydrazone groups is 1. The van der Waals surface area contributed by atoms with Gasteiger partial charge in [0.2, 0.25) is 5.91 Å². The summed E-state index contributed by atoms with van der Waals surface area (Å²) < 4.78 is 15.3. The zero-order valence-corrected chi connectivity index (χ0v) is 13.0. The molecule has 106 valence electrons. The third kappa shape index (κ3) is 4.24. The average molecular weight is 359 g/mol. The van der Waals surface area contributed by atoms with Crippen molar-refractivity contribution >= 4 is 39.4 Å². The first-order valence-corrected chi connectivity index (χ1v) is 7.42.